The van der Waals surface area contributed by atoms with Gasteiger partial charge in [-0.25, -0.2) is 0 Å². The molecule has 116 valence electrons. The fourth-order valence-electron chi connectivity index (χ4n) is 2.65. The standard InChI is InChI=1S/C16H20N4O2/c1-18-11-14(10-17-18)20-9-8-15(16(20)21)19(2)22-12-13-6-4-3-5-7-13/h3-7,10-11,15H,8-9,12H2,1-2H3/t15-/m0/s1. The van der Waals surface area contributed by atoms with Crippen LogP contribution in [0.4, 0.5) is 5.69 Å². The average molecular weight is 300 g/mol. The van der Waals surface area contributed by atoms with E-state index in [1.165, 1.54) is 0 Å². The van der Waals surface area contributed by atoms with E-state index in [0.717, 1.165) is 17.7 Å². The van der Waals surface area contributed by atoms with E-state index in [4.69, 9.17) is 4.84 Å². The molecule has 2 aromatic rings. The SMILES string of the molecule is CN(OCc1ccccc1)[C@H]1CCN(c2cnn(C)c2)C1=O. The molecule has 0 bridgehead atoms. The van der Waals surface area contributed by atoms with Gasteiger partial charge in [-0.1, -0.05) is 30.3 Å². The van der Waals surface area contributed by atoms with Crippen LogP contribution in [0.1, 0.15) is 12.0 Å². The number of anilines is 1. The number of rotatable bonds is 5. The Kier molecular flexibility index (Phi) is 4.22. The van der Waals surface area contributed by atoms with Crippen molar-refractivity contribution in [1.82, 2.24) is 14.8 Å². The Balaban J connectivity index is 1.59. The number of benzene rings is 1. The van der Waals surface area contributed by atoms with Crippen LogP contribution in [0.3, 0.4) is 0 Å². The highest BCUT2D eigenvalue weighted by Gasteiger charge is 2.36. The number of carbonyl (C=O) groups is 1. The van der Waals surface area contributed by atoms with E-state index in [0.29, 0.717) is 13.2 Å². The van der Waals surface area contributed by atoms with Crippen LogP contribution >= 0.6 is 0 Å². The number of nitrogens with zero attached hydrogens (tertiary/aromatic N) is 4. The molecule has 1 amide bonds. The molecule has 3 rings (SSSR count). The van der Waals surface area contributed by atoms with E-state index in [1.807, 2.05) is 50.6 Å². The van der Waals surface area contributed by atoms with Crippen molar-refractivity contribution in [2.24, 2.45) is 7.05 Å². The third kappa shape index (κ3) is 3.03. The van der Waals surface area contributed by atoms with E-state index >= 15 is 0 Å². The summed E-state index contributed by atoms with van der Waals surface area (Å²) in [5, 5.41) is 5.79. The maximum atomic E-state index is 12.5. The zero-order chi connectivity index (χ0) is 15.5. The Morgan fingerprint density at radius 2 is 2.14 bits per heavy atom. The first kappa shape index (κ1) is 14.7. The molecular formula is C16H20N4O2. The maximum absolute atomic E-state index is 12.5. The highest BCUT2D eigenvalue weighted by atomic mass is 16.7. The van der Waals surface area contributed by atoms with Gasteiger partial charge in [0.1, 0.15) is 6.04 Å². The van der Waals surface area contributed by atoms with Crippen molar-refractivity contribution < 1.29 is 9.63 Å². The number of hydroxylamine groups is 2. The molecule has 1 fully saturated rings. The quantitative estimate of drug-likeness (QED) is 0.787. The van der Waals surface area contributed by atoms with Gasteiger partial charge >= 0.3 is 0 Å². The van der Waals surface area contributed by atoms with Crippen molar-refractivity contribution in [2.75, 3.05) is 18.5 Å². The van der Waals surface area contributed by atoms with Crippen LogP contribution in [-0.2, 0) is 23.3 Å². The zero-order valence-electron chi connectivity index (χ0n) is 12.8. The summed E-state index contributed by atoms with van der Waals surface area (Å²) in [5.41, 5.74) is 1.93. The molecule has 1 atom stereocenters. The van der Waals surface area contributed by atoms with Crippen LogP contribution in [0.25, 0.3) is 0 Å². The summed E-state index contributed by atoms with van der Waals surface area (Å²) in [4.78, 5) is 20.0. The molecule has 6 heteroatoms. The van der Waals surface area contributed by atoms with Crippen molar-refractivity contribution >= 4 is 11.6 Å². The summed E-state index contributed by atoms with van der Waals surface area (Å²) in [7, 11) is 3.66. The molecule has 6 nitrogen and oxygen atoms in total. The average Bonchev–Trinajstić information content (AvgIpc) is 3.12. The molecule has 0 unspecified atom stereocenters. The summed E-state index contributed by atoms with van der Waals surface area (Å²) >= 11 is 0. The fraction of sp³-hybridized carbons (Fsp3) is 0.375. The first-order valence-corrected chi connectivity index (χ1v) is 7.35. The molecule has 0 saturated carbocycles. The minimum atomic E-state index is -0.246. The van der Waals surface area contributed by atoms with Gasteiger partial charge in [-0.3, -0.25) is 14.3 Å². The lowest BCUT2D eigenvalue weighted by molar-refractivity contribution is -0.180. The van der Waals surface area contributed by atoms with E-state index < -0.39 is 0 Å². The first-order chi connectivity index (χ1) is 10.6. The van der Waals surface area contributed by atoms with Gasteiger partial charge in [-0.15, -0.1) is 0 Å². The topological polar surface area (TPSA) is 50.6 Å². The van der Waals surface area contributed by atoms with E-state index in [9.17, 15) is 4.79 Å². The Bertz CT molecular complexity index is 641. The lowest BCUT2D eigenvalue weighted by Gasteiger charge is -2.22. The van der Waals surface area contributed by atoms with Crippen molar-refractivity contribution in [1.29, 1.82) is 0 Å². The lowest BCUT2D eigenvalue weighted by Crippen LogP contribution is -2.39. The molecule has 0 spiro atoms. The highest BCUT2D eigenvalue weighted by molar-refractivity contribution is 5.99. The van der Waals surface area contributed by atoms with E-state index in [2.05, 4.69) is 5.10 Å². The third-order valence-corrected chi connectivity index (χ3v) is 3.90. The summed E-state index contributed by atoms with van der Waals surface area (Å²) < 4.78 is 1.70. The Morgan fingerprint density at radius 3 is 2.82 bits per heavy atom. The minimum Gasteiger partial charge on any atom is -0.308 e. The van der Waals surface area contributed by atoms with Crippen molar-refractivity contribution in [3.63, 3.8) is 0 Å². The molecule has 0 N–H and O–H groups in total. The Labute approximate surface area is 129 Å². The molecule has 1 aliphatic heterocycles. The van der Waals surface area contributed by atoms with Gasteiger partial charge in [-0.2, -0.15) is 10.2 Å². The largest absolute Gasteiger partial charge is 0.308 e. The van der Waals surface area contributed by atoms with Crippen LogP contribution < -0.4 is 4.90 Å². The fourth-order valence-corrected chi connectivity index (χ4v) is 2.65. The van der Waals surface area contributed by atoms with Crippen LogP contribution in [0, 0.1) is 0 Å². The van der Waals surface area contributed by atoms with Crippen molar-refractivity contribution in [3.8, 4) is 0 Å². The number of carbonyl (C=O) groups excluding carboxylic acids is 1. The number of likely N-dealkylation sites (N-methyl/N-ethyl adjacent to an activating group) is 1. The third-order valence-electron chi connectivity index (χ3n) is 3.90. The van der Waals surface area contributed by atoms with Crippen LogP contribution in [0.2, 0.25) is 0 Å². The number of amides is 1. The predicted octanol–water partition coefficient (Wildman–Crippen LogP) is 1.59. The van der Waals surface area contributed by atoms with Gasteiger partial charge in [0.25, 0.3) is 0 Å². The Morgan fingerprint density at radius 1 is 1.36 bits per heavy atom. The van der Waals surface area contributed by atoms with Crippen molar-refractivity contribution in [2.45, 2.75) is 19.1 Å². The monoisotopic (exact) mass is 300 g/mol. The summed E-state index contributed by atoms with van der Waals surface area (Å²) in [6.07, 6.45) is 4.31. The molecule has 22 heavy (non-hydrogen) atoms. The second kappa shape index (κ2) is 6.29. The predicted molar refractivity (Wildman–Crippen MR) is 83.0 cm³/mol. The van der Waals surface area contributed by atoms with Gasteiger partial charge in [0.2, 0.25) is 5.91 Å². The molecule has 0 radical (unpaired) electrons. The van der Waals surface area contributed by atoms with Gasteiger partial charge in [-0.05, 0) is 12.0 Å². The van der Waals surface area contributed by atoms with Crippen LogP contribution in [0.5, 0.6) is 0 Å². The second-order valence-electron chi connectivity index (χ2n) is 5.47. The minimum absolute atomic E-state index is 0.0589. The van der Waals surface area contributed by atoms with Gasteiger partial charge in [0.15, 0.2) is 0 Å². The number of hydrogen-bond donors (Lipinski definition) is 0. The normalized spacial score (nSPS) is 18.4. The van der Waals surface area contributed by atoms with Gasteiger partial charge in [0, 0.05) is 26.8 Å². The van der Waals surface area contributed by atoms with Gasteiger partial charge in [0.05, 0.1) is 18.5 Å². The maximum Gasteiger partial charge on any atom is 0.246 e. The second-order valence-corrected chi connectivity index (χ2v) is 5.47. The highest BCUT2D eigenvalue weighted by Crippen LogP contribution is 2.23. The van der Waals surface area contributed by atoms with Crippen LogP contribution in [0.15, 0.2) is 42.7 Å². The lowest BCUT2D eigenvalue weighted by atomic mass is 10.2. The van der Waals surface area contributed by atoms with Crippen LogP contribution in [-0.4, -0.2) is 40.4 Å². The number of aromatic nitrogens is 2. The number of hydrogen-bond acceptors (Lipinski definition) is 4. The molecule has 1 aromatic carbocycles. The molecule has 1 aliphatic rings. The zero-order valence-corrected chi connectivity index (χ0v) is 12.8. The van der Waals surface area contributed by atoms with E-state index in [-0.39, 0.29) is 11.9 Å². The summed E-state index contributed by atoms with van der Waals surface area (Å²) in [6.45, 7) is 1.16. The summed E-state index contributed by atoms with van der Waals surface area (Å²) in [6, 6.07) is 9.69. The molecule has 0 aliphatic carbocycles. The van der Waals surface area contributed by atoms with Crippen molar-refractivity contribution in [3.05, 3.63) is 48.3 Å². The number of aryl methyl sites for hydroxylation is 1. The molecular weight excluding hydrogens is 280 g/mol. The molecule has 1 aromatic heterocycles. The summed E-state index contributed by atoms with van der Waals surface area (Å²) in [5.74, 6) is 0.0589. The van der Waals surface area contributed by atoms with E-state index in [1.54, 1.807) is 20.8 Å². The first-order valence-electron chi connectivity index (χ1n) is 7.35. The molecule has 2 heterocycles. The molecule has 1 saturated heterocycles. The smallest absolute Gasteiger partial charge is 0.246 e. The van der Waals surface area contributed by atoms with Gasteiger partial charge < -0.3 is 4.90 Å². The Hall–Kier alpha value is -2.18.